The fourth-order valence-corrected chi connectivity index (χ4v) is 5.87. The summed E-state index contributed by atoms with van der Waals surface area (Å²) in [4.78, 5) is 25.7. The van der Waals surface area contributed by atoms with Gasteiger partial charge in [0, 0.05) is 27.2 Å². The van der Waals surface area contributed by atoms with Crippen LogP contribution in [0.2, 0.25) is 0 Å². The number of ether oxygens (including phenoxy) is 1. The molecule has 0 spiro atoms. The molecule has 0 bridgehead atoms. The zero-order chi connectivity index (χ0) is 27.5. The Kier molecular flexibility index (Phi) is 9.77. The predicted octanol–water partition coefficient (Wildman–Crippen LogP) is 5.72. The van der Waals surface area contributed by atoms with E-state index < -0.39 is 27.7 Å². The van der Waals surface area contributed by atoms with Gasteiger partial charge >= 0.3 is 11.6 Å². The number of fused-ring (bicyclic) bond motifs is 1. The summed E-state index contributed by atoms with van der Waals surface area (Å²) in [5, 5.41) is 1.41. The molecule has 37 heavy (non-hydrogen) atoms. The minimum atomic E-state index is -3.98. The normalized spacial score (nSPS) is 14.4. The monoisotopic (exact) mass is 655 g/mol. The van der Waals surface area contributed by atoms with E-state index in [9.17, 15) is 18.0 Å². The van der Waals surface area contributed by atoms with Crippen LogP contribution >= 0.6 is 31.9 Å². The van der Waals surface area contributed by atoms with Crippen molar-refractivity contribution >= 4 is 58.8 Å². The summed E-state index contributed by atoms with van der Waals surface area (Å²) in [6.45, 7) is 9.08. The van der Waals surface area contributed by atoms with Crippen molar-refractivity contribution in [1.29, 1.82) is 0 Å². The van der Waals surface area contributed by atoms with Crippen molar-refractivity contribution < 1.29 is 22.4 Å². The maximum absolute atomic E-state index is 13.5. The average Bonchev–Trinajstić information content (AvgIpc) is 2.85. The molecule has 0 amide bonds. The van der Waals surface area contributed by atoms with Crippen LogP contribution in [0.4, 0.5) is 0 Å². The highest BCUT2D eigenvalue weighted by molar-refractivity contribution is 9.12. The Hall–Kier alpha value is -2.01. The molecule has 10 heteroatoms. The van der Waals surface area contributed by atoms with Crippen LogP contribution < -0.4 is 15.1 Å². The molecule has 0 aliphatic heterocycles. The second-order valence-electron chi connectivity index (χ2n) is 9.29. The number of benzene rings is 2. The maximum atomic E-state index is 13.5. The van der Waals surface area contributed by atoms with Gasteiger partial charge in [0.05, 0.1) is 4.90 Å². The van der Waals surface area contributed by atoms with Crippen molar-refractivity contribution in [2.24, 2.45) is 5.92 Å². The largest absolute Gasteiger partial charge is 0.425 e. The van der Waals surface area contributed by atoms with Crippen LogP contribution in [0.15, 0.2) is 50.5 Å². The van der Waals surface area contributed by atoms with Crippen LogP contribution in [-0.2, 0) is 21.2 Å². The van der Waals surface area contributed by atoms with Gasteiger partial charge in [-0.25, -0.2) is 18.0 Å². The van der Waals surface area contributed by atoms with Gasteiger partial charge in [-0.3, -0.25) is 0 Å². The number of rotatable bonds is 10. The van der Waals surface area contributed by atoms with Crippen molar-refractivity contribution in [1.82, 2.24) is 4.72 Å². The Morgan fingerprint density at radius 1 is 1.14 bits per heavy atom. The number of hydrogen-bond acceptors (Lipinski definition) is 6. The molecular formula is C27H31Br2NO6S. The molecule has 1 aromatic heterocycles. The molecule has 0 fully saturated rings. The van der Waals surface area contributed by atoms with Crippen molar-refractivity contribution in [2.75, 3.05) is 5.33 Å². The molecule has 0 aliphatic carbocycles. The lowest BCUT2D eigenvalue weighted by atomic mass is 9.98. The highest BCUT2D eigenvalue weighted by Crippen LogP contribution is 2.35. The van der Waals surface area contributed by atoms with Crippen molar-refractivity contribution in [3.63, 3.8) is 0 Å². The fraction of sp³-hybridized carbons (Fsp3) is 0.407. The van der Waals surface area contributed by atoms with Gasteiger partial charge in [-0.05, 0) is 62.4 Å². The SMILES string of the molecule is CC[C@H](C)[C@@H](NS(=O)(=O)c1ccc(C)cc1)C(=O)Oc1c(CC(Br)CBr)cc2c(C)cc(=O)oc2c1C. The molecule has 1 heterocycles. The molecule has 7 nitrogen and oxygen atoms in total. The van der Waals surface area contributed by atoms with Crippen molar-refractivity contribution in [2.45, 2.75) is 63.2 Å². The molecule has 1 unspecified atom stereocenters. The van der Waals surface area contributed by atoms with E-state index in [-0.39, 0.29) is 21.4 Å². The molecule has 0 radical (unpaired) electrons. The molecule has 1 N–H and O–H groups in total. The predicted molar refractivity (Wildman–Crippen MR) is 153 cm³/mol. The standard InChI is InChI=1S/C27H31Br2NO6S/c1-6-16(3)24(30-37(33,34)21-9-7-15(2)8-10-21)27(32)36-25-18(5)26-22(17(4)11-23(31)35-26)13-19(25)12-20(29)14-28/h7-11,13,16,20,24,30H,6,12,14H2,1-5H3/t16-,20?,24+/m0/s1. The van der Waals surface area contributed by atoms with E-state index in [0.29, 0.717) is 29.3 Å². The lowest BCUT2D eigenvalue weighted by molar-refractivity contribution is -0.137. The third-order valence-corrected chi connectivity index (χ3v) is 10.1. The van der Waals surface area contributed by atoms with E-state index in [1.165, 1.54) is 18.2 Å². The maximum Gasteiger partial charge on any atom is 0.336 e. The summed E-state index contributed by atoms with van der Waals surface area (Å²) < 4.78 is 40.2. The Balaban J connectivity index is 2.06. The third-order valence-electron chi connectivity index (χ3n) is 6.39. The minimum absolute atomic E-state index is 0.0447. The first-order valence-electron chi connectivity index (χ1n) is 12.0. The van der Waals surface area contributed by atoms with Crippen LogP contribution in [0.25, 0.3) is 11.0 Å². The number of alkyl halides is 2. The molecule has 0 saturated carbocycles. The Labute approximate surface area is 234 Å². The number of nitrogens with one attached hydrogen (secondary N) is 1. The van der Waals surface area contributed by atoms with E-state index in [1.807, 2.05) is 26.8 Å². The van der Waals surface area contributed by atoms with Crippen LogP contribution in [0.5, 0.6) is 5.75 Å². The lowest BCUT2D eigenvalue weighted by Gasteiger charge is -2.24. The average molecular weight is 657 g/mol. The zero-order valence-corrected chi connectivity index (χ0v) is 25.4. The summed E-state index contributed by atoms with van der Waals surface area (Å²) in [5.41, 5.74) is 2.75. The van der Waals surface area contributed by atoms with Crippen molar-refractivity contribution in [3.05, 3.63) is 69.1 Å². The van der Waals surface area contributed by atoms with Gasteiger partial charge in [0.15, 0.2) is 0 Å². The van der Waals surface area contributed by atoms with Gasteiger partial charge in [0.25, 0.3) is 0 Å². The van der Waals surface area contributed by atoms with Gasteiger partial charge in [-0.2, -0.15) is 4.72 Å². The highest BCUT2D eigenvalue weighted by atomic mass is 79.9. The summed E-state index contributed by atoms with van der Waals surface area (Å²) in [5.74, 6) is -0.809. The van der Waals surface area contributed by atoms with E-state index in [2.05, 4.69) is 36.6 Å². The third kappa shape index (κ3) is 6.90. The summed E-state index contributed by atoms with van der Waals surface area (Å²) in [6, 6.07) is 8.56. The molecule has 0 saturated heterocycles. The Morgan fingerprint density at radius 2 is 1.78 bits per heavy atom. The van der Waals surface area contributed by atoms with Crippen LogP contribution in [-0.4, -0.2) is 30.6 Å². The van der Waals surface area contributed by atoms with Gasteiger partial charge in [-0.1, -0.05) is 69.8 Å². The highest BCUT2D eigenvalue weighted by Gasteiger charge is 2.32. The smallest absolute Gasteiger partial charge is 0.336 e. The lowest BCUT2D eigenvalue weighted by Crippen LogP contribution is -2.47. The zero-order valence-electron chi connectivity index (χ0n) is 21.4. The molecule has 3 atom stereocenters. The van der Waals surface area contributed by atoms with E-state index >= 15 is 0 Å². The summed E-state index contributed by atoms with van der Waals surface area (Å²) in [7, 11) is -3.98. The van der Waals surface area contributed by atoms with E-state index in [0.717, 1.165) is 22.1 Å². The summed E-state index contributed by atoms with van der Waals surface area (Å²) in [6.07, 6.45) is 1.06. The van der Waals surface area contributed by atoms with Gasteiger partial charge in [0.2, 0.25) is 10.0 Å². The molecular weight excluding hydrogens is 626 g/mol. The topological polar surface area (TPSA) is 103 Å². The number of hydrogen-bond donors (Lipinski definition) is 1. The summed E-state index contributed by atoms with van der Waals surface area (Å²) >= 11 is 7.07. The first-order valence-corrected chi connectivity index (χ1v) is 15.5. The quantitative estimate of drug-likeness (QED) is 0.130. The number of sulfonamides is 1. The van der Waals surface area contributed by atoms with E-state index in [4.69, 9.17) is 9.15 Å². The Morgan fingerprint density at radius 3 is 2.38 bits per heavy atom. The second kappa shape index (κ2) is 12.2. The number of aryl methyl sites for hydroxylation is 3. The van der Waals surface area contributed by atoms with Gasteiger partial charge in [-0.15, -0.1) is 0 Å². The van der Waals surface area contributed by atoms with Crippen molar-refractivity contribution in [3.8, 4) is 5.75 Å². The first kappa shape index (κ1) is 29.5. The van der Waals surface area contributed by atoms with Gasteiger partial charge < -0.3 is 9.15 Å². The number of carbonyl (C=O) groups excluding carboxylic acids is 1. The second-order valence-corrected chi connectivity index (χ2v) is 12.9. The molecule has 0 aliphatic rings. The fourth-order valence-electron chi connectivity index (χ4n) is 4.00. The van der Waals surface area contributed by atoms with E-state index in [1.54, 1.807) is 26.0 Å². The van der Waals surface area contributed by atoms with Crippen LogP contribution in [0.3, 0.4) is 0 Å². The van der Waals surface area contributed by atoms with Crippen LogP contribution in [0.1, 0.15) is 42.5 Å². The molecule has 2 aromatic carbocycles. The van der Waals surface area contributed by atoms with Gasteiger partial charge in [0.1, 0.15) is 17.4 Å². The van der Waals surface area contributed by atoms with Crippen LogP contribution in [0, 0.1) is 26.7 Å². The molecule has 3 aromatic rings. The number of esters is 1. The number of carbonyl (C=O) groups is 1. The molecule has 200 valence electrons. The first-order chi connectivity index (χ1) is 17.4. The molecule has 3 rings (SSSR count). The minimum Gasteiger partial charge on any atom is -0.425 e. The number of halogens is 2. The Bertz CT molecular complexity index is 1450.